The number of aromatic nitrogens is 3. The van der Waals surface area contributed by atoms with Crippen molar-refractivity contribution >= 4 is 17.7 Å². The van der Waals surface area contributed by atoms with E-state index in [-0.39, 0.29) is 24.2 Å². The van der Waals surface area contributed by atoms with Crippen molar-refractivity contribution in [2.24, 2.45) is 11.1 Å². The molecule has 0 radical (unpaired) electrons. The maximum atomic E-state index is 11.5. The van der Waals surface area contributed by atoms with Crippen LogP contribution in [0.2, 0.25) is 0 Å². The minimum atomic E-state index is -0.540. The lowest BCUT2D eigenvalue weighted by molar-refractivity contribution is 0.0983. The van der Waals surface area contributed by atoms with Crippen LogP contribution in [0.1, 0.15) is 49.9 Å². The molecule has 2 aromatic heterocycles. The molecule has 0 aliphatic heterocycles. The molecule has 0 spiro atoms. The number of aliphatic hydroxyl groups excluding tert-OH is 1. The molecule has 0 bridgehead atoms. The van der Waals surface area contributed by atoms with Crippen LogP contribution < -0.4 is 21.1 Å². The average molecular weight is 415 g/mol. The van der Waals surface area contributed by atoms with Crippen molar-refractivity contribution in [3.63, 3.8) is 0 Å². The molecule has 0 aromatic carbocycles. The minimum Gasteiger partial charge on any atom is -0.474 e. The summed E-state index contributed by atoms with van der Waals surface area (Å²) in [7, 11) is 0. The van der Waals surface area contributed by atoms with Crippen LogP contribution >= 0.6 is 0 Å². The number of primary amides is 1. The normalized spacial score (nSPS) is 19.2. The van der Waals surface area contributed by atoms with E-state index in [1.807, 2.05) is 19.9 Å². The van der Waals surface area contributed by atoms with Crippen molar-refractivity contribution < 1.29 is 14.6 Å². The highest BCUT2D eigenvalue weighted by Gasteiger charge is 2.25. The largest absolute Gasteiger partial charge is 0.474 e. The maximum Gasteiger partial charge on any atom is 0.254 e. The van der Waals surface area contributed by atoms with Gasteiger partial charge in [0, 0.05) is 37.0 Å². The van der Waals surface area contributed by atoms with Crippen molar-refractivity contribution in [2.75, 3.05) is 23.8 Å². The summed E-state index contributed by atoms with van der Waals surface area (Å²) in [5.74, 6) is 1.06. The molecule has 2 aromatic rings. The lowest BCUT2D eigenvalue weighted by Gasteiger charge is -2.29. The van der Waals surface area contributed by atoms with E-state index in [9.17, 15) is 9.90 Å². The summed E-state index contributed by atoms with van der Waals surface area (Å²) < 4.78 is 5.94. The number of aliphatic hydroxyl groups is 1. The number of hydrogen-bond donors (Lipinski definition) is 4. The standard InChI is InChI=1S/C21H30N6O3/c1-21(2,13-28)12-25-17-9-11-24-20(27-17)26-14-5-7-15(8-6-14)30-19-16(18(22)29)4-3-10-23-19/h3-4,9-11,14-15,28H,5-8,12-13H2,1-2H3,(H2,22,29)(H2,24,25,26,27). The topological polar surface area (TPSA) is 135 Å². The summed E-state index contributed by atoms with van der Waals surface area (Å²) in [6.07, 6.45) is 6.74. The Morgan fingerprint density at radius 3 is 2.70 bits per heavy atom. The number of anilines is 2. The van der Waals surface area contributed by atoms with Crippen LogP contribution in [0.25, 0.3) is 0 Å². The summed E-state index contributed by atoms with van der Waals surface area (Å²) in [5.41, 5.74) is 5.47. The van der Waals surface area contributed by atoms with Crippen LogP contribution in [-0.2, 0) is 0 Å². The number of nitrogens with zero attached hydrogens (tertiary/aromatic N) is 3. The number of nitrogens with two attached hydrogens (primary N) is 1. The summed E-state index contributed by atoms with van der Waals surface area (Å²) in [6.45, 7) is 4.68. The van der Waals surface area contributed by atoms with Gasteiger partial charge in [0.15, 0.2) is 0 Å². The van der Waals surface area contributed by atoms with Crippen LogP contribution in [0, 0.1) is 5.41 Å². The smallest absolute Gasteiger partial charge is 0.254 e. The molecule has 30 heavy (non-hydrogen) atoms. The Balaban J connectivity index is 1.50. The molecular weight excluding hydrogens is 384 g/mol. The van der Waals surface area contributed by atoms with Gasteiger partial charge in [-0.2, -0.15) is 4.98 Å². The van der Waals surface area contributed by atoms with Crippen LogP contribution in [0.5, 0.6) is 5.88 Å². The molecule has 0 saturated heterocycles. The third kappa shape index (κ3) is 6.03. The molecule has 162 valence electrons. The van der Waals surface area contributed by atoms with Gasteiger partial charge in [0.25, 0.3) is 5.91 Å². The van der Waals surface area contributed by atoms with Crippen molar-refractivity contribution in [3.05, 3.63) is 36.2 Å². The molecule has 1 aliphatic rings. The fourth-order valence-corrected chi connectivity index (χ4v) is 3.25. The monoisotopic (exact) mass is 414 g/mol. The van der Waals surface area contributed by atoms with Crippen LogP contribution in [-0.4, -0.2) is 51.3 Å². The maximum absolute atomic E-state index is 11.5. The van der Waals surface area contributed by atoms with E-state index in [1.54, 1.807) is 24.5 Å². The van der Waals surface area contributed by atoms with Gasteiger partial charge in [-0.1, -0.05) is 13.8 Å². The van der Waals surface area contributed by atoms with Crippen LogP contribution in [0.4, 0.5) is 11.8 Å². The first-order valence-corrected chi connectivity index (χ1v) is 10.2. The number of pyridine rings is 1. The highest BCUT2D eigenvalue weighted by molar-refractivity contribution is 5.94. The molecule has 3 rings (SSSR count). The van der Waals surface area contributed by atoms with Crippen molar-refractivity contribution in [1.29, 1.82) is 0 Å². The van der Waals surface area contributed by atoms with Gasteiger partial charge in [-0.15, -0.1) is 0 Å². The Kier molecular flexibility index (Phi) is 7.04. The molecule has 2 heterocycles. The second-order valence-electron chi connectivity index (χ2n) is 8.40. The van der Waals surface area contributed by atoms with E-state index in [1.165, 1.54) is 0 Å². The molecular formula is C21H30N6O3. The first kappa shape index (κ1) is 21.8. The van der Waals surface area contributed by atoms with E-state index < -0.39 is 5.91 Å². The van der Waals surface area contributed by atoms with Gasteiger partial charge in [0.05, 0.1) is 0 Å². The molecule has 5 N–H and O–H groups in total. The predicted octanol–water partition coefficient (Wildman–Crippen LogP) is 2.20. The fraction of sp³-hybridized carbons (Fsp3) is 0.524. The summed E-state index contributed by atoms with van der Waals surface area (Å²) in [6, 6.07) is 5.35. The quantitative estimate of drug-likeness (QED) is 0.490. The van der Waals surface area contributed by atoms with Gasteiger partial charge < -0.3 is 26.2 Å². The van der Waals surface area contributed by atoms with E-state index in [2.05, 4.69) is 25.6 Å². The Bertz CT molecular complexity index is 852. The first-order valence-electron chi connectivity index (χ1n) is 10.2. The molecule has 9 heteroatoms. The van der Waals surface area contributed by atoms with Gasteiger partial charge >= 0.3 is 0 Å². The second kappa shape index (κ2) is 9.71. The molecule has 1 amide bonds. The Labute approximate surface area is 176 Å². The zero-order chi connectivity index (χ0) is 21.6. The third-order valence-electron chi connectivity index (χ3n) is 5.15. The number of nitrogens with one attached hydrogen (secondary N) is 2. The van der Waals surface area contributed by atoms with Crippen LogP contribution in [0.3, 0.4) is 0 Å². The summed E-state index contributed by atoms with van der Waals surface area (Å²) in [4.78, 5) is 24.5. The zero-order valence-corrected chi connectivity index (χ0v) is 17.5. The Morgan fingerprint density at radius 1 is 1.23 bits per heavy atom. The summed E-state index contributed by atoms with van der Waals surface area (Å²) >= 11 is 0. The number of carbonyl (C=O) groups is 1. The van der Waals surface area contributed by atoms with Crippen molar-refractivity contribution in [1.82, 2.24) is 15.0 Å². The van der Waals surface area contributed by atoms with Crippen molar-refractivity contribution in [3.8, 4) is 5.88 Å². The molecule has 0 atom stereocenters. The molecule has 0 unspecified atom stereocenters. The van der Waals surface area contributed by atoms with Gasteiger partial charge in [-0.05, 0) is 43.9 Å². The number of ether oxygens (including phenoxy) is 1. The summed E-state index contributed by atoms with van der Waals surface area (Å²) in [5, 5.41) is 16.0. The average Bonchev–Trinajstić information content (AvgIpc) is 2.74. The second-order valence-corrected chi connectivity index (χ2v) is 8.40. The molecule has 1 fully saturated rings. The number of carbonyl (C=O) groups excluding carboxylic acids is 1. The molecule has 1 saturated carbocycles. The predicted molar refractivity (Wildman–Crippen MR) is 114 cm³/mol. The Hall–Kier alpha value is -2.94. The fourth-order valence-electron chi connectivity index (χ4n) is 3.25. The Morgan fingerprint density at radius 2 is 2.00 bits per heavy atom. The third-order valence-corrected chi connectivity index (χ3v) is 5.15. The van der Waals surface area contributed by atoms with E-state index >= 15 is 0 Å². The van der Waals surface area contributed by atoms with Gasteiger partial charge in [0.2, 0.25) is 11.8 Å². The van der Waals surface area contributed by atoms with E-state index in [4.69, 9.17) is 10.5 Å². The SMILES string of the molecule is CC(C)(CO)CNc1ccnc(NC2CCC(Oc3ncccc3C(N)=O)CC2)n1. The first-order chi connectivity index (χ1) is 14.4. The number of rotatable bonds is 9. The zero-order valence-electron chi connectivity index (χ0n) is 17.5. The highest BCUT2D eigenvalue weighted by atomic mass is 16.5. The van der Waals surface area contributed by atoms with Gasteiger partial charge in [0.1, 0.15) is 17.5 Å². The van der Waals surface area contributed by atoms with Crippen molar-refractivity contribution in [2.45, 2.75) is 51.7 Å². The molecule has 1 aliphatic carbocycles. The highest BCUT2D eigenvalue weighted by Crippen LogP contribution is 2.26. The number of amides is 1. The molecule has 9 nitrogen and oxygen atoms in total. The van der Waals surface area contributed by atoms with E-state index in [0.717, 1.165) is 31.5 Å². The minimum absolute atomic E-state index is 0.00863. The van der Waals surface area contributed by atoms with Crippen LogP contribution in [0.15, 0.2) is 30.6 Å². The van der Waals surface area contributed by atoms with Gasteiger partial charge in [-0.3, -0.25) is 4.79 Å². The van der Waals surface area contributed by atoms with E-state index in [0.29, 0.717) is 23.9 Å². The lowest BCUT2D eigenvalue weighted by atomic mass is 9.93. The van der Waals surface area contributed by atoms with Gasteiger partial charge in [-0.25, -0.2) is 9.97 Å². The number of hydrogen-bond acceptors (Lipinski definition) is 8. The lowest BCUT2D eigenvalue weighted by Crippen LogP contribution is -2.32.